The van der Waals surface area contributed by atoms with Crippen molar-refractivity contribution < 1.29 is 14.3 Å². The Morgan fingerprint density at radius 1 is 1.12 bits per heavy atom. The molecule has 0 radical (unpaired) electrons. The van der Waals surface area contributed by atoms with Crippen molar-refractivity contribution in [3.05, 3.63) is 71.4 Å². The second-order valence-corrected chi connectivity index (χ2v) is 8.53. The second-order valence-electron chi connectivity index (χ2n) is 8.53. The fourth-order valence-electron chi connectivity index (χ4n) is 4.70. The summed E-state index contributed by atoms with van der Waals surface area (Å²) < 4.78 is 7.40. The van der Waals surface area contributed by atoms with Crippen molar-refractivity contribution in [2.45, 2.75) is 38.3 Å². The zero-order chi connectivity index (χ0) is 22.8. The number of aromatic nitrogens is 1. The molecule has 3 aromatic rings. The Morgan fingerprint density at radius 2 is 1.84 bits per heavy atom. The number of carbonyl (C=O) groups is 2. The van der Waals surface area contributed by atoms with E-state index in [1.54, 1.807) is 7.11 Å². The number of benzene rings is 2. The maximum atomic E-state index is 13.7. The fourth-order valence-corrected chi connectivity index (χ4v) is 4.70. The monoisotopic (exact) mass is 433 g/mol. The van der Waals surface area contributed by atoms with Gasteiger partial charge in [0.05, 0.1) is 18.6 Å². The summed E-state index contributed by atoms with van der Waals surface area (Å²) in [5.41, 5.74) is 3.42. The smallest absolute Gasteiger partial charge is 0.254 e. The Labute approximate surface area is 189 Å². The number of nitrogens with one attached hydrogen (secondary N) is 1. The number of para-hydroxylation sites is 1. The number of aryl methyl sites for hydroxylation is 1. The topological polar surface area (TPSA) is 63.6 Å². The van der Waals surface area contributed by atoms with E-state index >= 15 is 0 Å². The summed E-state index contributed by atoms with van der Waals surface area (Å²) in [5, 5.41) is 4.22. The molecule has 0 fully saturated rings. The highest BCUT2D eigenvalue weighted by Crippen LogP contribution is 2.45. The van der Waals surface area contributed by atoms with Crippen molar-refractivity contribution in [3.63, 3.8) is 0 Å². The van der Waals surface area contributed by atoms with Gasteiger partial charge >= 0.3 is 0 Å². The molecular formula is C26H31N3O3. The van der Waals surface area contributed by atoms with Gasteiger partial charge in [-0.1, -0.05) is 43.3 Å². The molecule has 6 heteroatoms. The molecule has 1 aliphatic rings. The van der Waals surface area contributed by atoms with Gasteiger partial charge in [0.15, 0.2) is 0 Å². The average molecular weight is 434 g/mol. The third kappa shape index (κ3) is 3.79. The van der Waals surface area contributed by atoms with Crippen LogP contribution in [-0.4, -0.2) is 47.6 Å². The van der Waals surface area contributed by atoms with Crippen LogP contribution in [0.15, 0.2) is 54.7 Å². The zero-order valence-electron chi connectivity index (χ0n) is 19.2. The maximum absolute atomic E-state index is 13.7. The standard InChI is InChI=1S/C26H31N3O3/c1-5-17(2)27-25(30)23-19-11-6-7-12-20(19)26(31)29(14-15-32-4)24(23)21-16-28(3)22-13-9-8-10-18(21)22/h6-13,16-17,23-24H,5,14-15H2,1-4H3,(H,27,30). The van der Waals surface area contributed by atoms with E-state index in [0.717, 1.165) is 28.5 Å². The van der Waals surface area contributed by atoms with Crippen LogP contribution in [0.5, 0.6) is 0 Å². The van der Waals surface area contributed by atoms with Crippen LogP contribution >= 0.6 is 0 Å². The lowest BCUT2D eigenvalue weighted by Crippen LogP contribution is -2.49. The highest BCUT2D eigenvalue weighted by Gasteiger charge is 2.45. The molecule has 4 rings (SSSR count). The van der Waals surface area contributed by atoms with Crippen molar-refractivity contribution in [1.29, 1.82) is 0 Å². The molecule has 0 saturated carbocycles. The number of amides is 2. The van der Waals surface area contributed by atoms with E-state index < -0.39 is 12.0 Å². The lowest BCUT2D eigenvalue weighted by atomic mass is 9.79. The molecular weight excluding hydrogens is 402 g/mol. The maximum Gasteiger partial charge on any atom is 0.254 e. The Balaban J connectivity index is 1.94. The van der Waals surface area contributed by atoms with Crippen molar-refractivity contribution in [1.82, 2.24) is 14.8 Å². The van der Waals surface area contributed by atoms with Gasteiger partial charge in [-0.2, -0.15) is 0 Å². The molecule has 3 atom stereocenters. The number of ether oxygens (including phenoxy) is 1. The Kier molecular flexibility index (Phi) is 6.33. The van der Waals surface area contributed by atoms with Crippen LogP contribution in [0.2, 0.25) is 0 Å². The third-order valence-electron chi connectivity index (χ3n) is 6.50. The van der Waals surface area contributed by atoms with Gasteiger partial charge in [0.1, 0.15) is 0 Å². The van der Waals surface area contributed by atoms with E-state index in [0.29, 0.717) is 18.7 Å². The molecule has 2 amide bonds. The Hall–Kier alpha value is -3.12. The van der Waals surface area contributed by atoms with E-state index in [4.69, 9.17) is 4.74 Å². The summed E-state index contributed by atoms with van der Waals surface area (Å²) in [6.07, 6.45) is 2.89. The van der Waals surface area contributed by atoms with Crippen LogP contribution < -0.4 is 5.32 Å². The molecule has 1 aliphatic heterocycles. The molecule has 0 spiro atoms. The largest absolute Gasteiger partial charge is 0.383 e. The van der Waals surface area contributed by atoms with Gasteiger partial charge in [0.25, 0.3) is 5.91 Å². The lowest BCUT2D eigenvalue weighted by Gasteiger charge is -2.41. The third-order valence-corrected chi connectivity index (χ3v) is 6.50. The minimum atomic E-state index is -0.513. The van der Waals surface area contributed by atoms with Crippen LogP contribution in [0.25, 0.3) is 10.9 Å². The van der Waals surface area contributed by atoms with Gasteiger partial charge in [0.2, 0.25) is 5.91 Å². The van der Waals surface area contributed by atoms with Crippen molar-refractivity contribution >= 4 is 22.7 Å². The van der Waals surface area contributed by atoms with E-state index in [1.165, 1.54) is 0 Å². The summed E-state index contributed by atoms with van der Waals surface area (Å²) in [7, 11) is 3.63. The van der Waals surface area contributed by atoms with Crippen LogP contribution in [-0.2, 0) is 16.6 Å². The summed E-state index contributed by atoms with van der Waals surface area (Å²) in [6, 6.07) is 15.2. The van der Waals surface area contributed by atoms with E-state index in [1.807, 2.05) is 55.3 Å². The fraction of sp³-hybridized carbons (Fsp3) is 0.385. The van der Waals surface area contributed by atoms with Gasteiger partial charge in [-0.3, -0.25) is 9.59 Å². The average Bonchev–Trinajstić information content (AvgIpc) is 3.14. The molecule has 0 bridgehead atoms. The Bertz CT molecular complexity index is 1140. The summed E-state index contributed by atoms with van der Waals surface area (Å²) in [5.74, 6) is -0.636. The van der Waals surface area contributed by atoms with Crippen LogP contribution in [0, 0.1) is 0 Å². The summed E-state index contributed by atoms with van der Waals surface area (Å²) in [4.78, 5) is 29.1. The molecule has 2 aromatic carbocycles. The van der Waals surface area contributed by atoms with E-state index in [-0.39, 0.29) is 17.9 Å². The molecule has 2 heterocycles. The first-order chi connectivity index (χ1) is 15.5. The minimum Gasteiger partial charge on any atom is -0.383 e. The quantitative estimate of drug-likeness (QED) is 0.612. The van der Waals surface area contributed by atoms with Gasteiger partial charge in [-0.15, -0.1) is 0 Å². The van der Waals surface area contributed by atoms with Crippen LogP contribution in [0.3, 0.4) is 0 Å². The van der Waals surface area contributed by atoms with Crippen molar-refractivity contribution in [2.24, 2.45) is 7.05 Å². The zero-order valence-corrected chi connectivity index (χ0v) is 19.2. The summed E-state index contributed by atoms with van der Waals surface area (Å²) >= 11 is 0. The number of rotatable bonds is 7. The molecule has 1 N–H and O–H groups in total. The molecule has 0 aliphatic carbocycles. The highest BCUT2D eigenvalue weighted by atomic mass is 16.5. The number of carbonyl (C=O) groups excluding carboxylic acids is 2. The molecule has 32 heavy (non-hydrogen) atoms. The Morgan fingerprint density at radius 3 is 2.59 bits per heavy atom. The molecule has 1 aromatic heterocycles. The van der Waals surface area contributed by atoms with E-state index in [2.05, 4.69) is 35.1 Å². The van der Waals surface area contributed by atoms with Gasteiger partial charge < -0.3 is 19.5 Å². The van der Waals surface area contributed by atoms with Crippen LogP contribution in [0.1, 0.15) is 53.7 Å². The van der Waals surface area contributed by atoms with Crippen molar-refractivity contribution in [3.8, 4) is 0 Å². The predicted octanol–water partition coefficient (Wildman–Crippen LogP) is 4.02. The van der Waals surface area contributed by atoms with E-state index in [9.17, 15) is 9.59 Å². The number of fused-ring (bicyclic) bond motifs is 2. The molecule has 6 nitrogen and oxygen atoms in total. The first-order valence-corrected chi connectivity index (χ1v) is 11.2. The molecule has 0 saturated heterocycles. The van der Waals surface area contributed by atoms with Gasteiger partial charge in [0, 0.05) is 55.0 Å². The second kappa shape index (κ2) is 9.17. The normalized spacial score (nSPS) is 19.1. The SMILES string of the molecule is CCC(C)NC(=O)C1c2ccccc2C(=O)N(CCOC)C1c1cn(C)c2ccccc12. The lowest BCUT2D eigenvalue weighted by molar-refractivity contribution is -0.125. The highest BCUT2D eigenvalue weighted by molar-refractivity contribution is 6.02. The molecule has 3 unspecified atom stereocenters. The number of hydrogen-bond donors (Lipinski definition) is 1. The number of methoxy groups -OCH3 is 1. The number of nitrogens with zero attached hydrogens (tertiary/aromatic N) is 2. The molecule has 168 valence electrons. The van der Waals surface area contributed by atoms with Gasteiger partial charge in [-0.05, 0) is 31.0 Å². The van der Waals surface area contributed by atoms with Crippen molar-refractivity contribution in [2.75, 3.05) is 20.3 Å². The minimum absolute atomic E-state index is 0.0490. The first kappa shape index (κ1) is 22.1. The summed E-state index contributed by atoms with van der Waals surface area (Å²) in [6.45, 7) is 4.86. The first-order valence-electron chi connectivity index (χ1n) is 11.2. The van der Waals surface area contributed by atoms with Gasteiger partial charge in [-0.25, -0.2) is 0 Å². The van der Waals surface area contributed by atoms with Crippen LogP contribution in [0.4, 0.5) is 0 Å². The number of hydrogen-bond acceptors (Lipinski definition) is 3. The predicted molar refractivity (Wildman–Crippen MR) is 126 cm³/mol.